The van der Waals surface area contributed by atoms with Crippen LogP contribution >= 0.6 is 61.1 Å². The summed E-state index contributed by atoms with van der Waals surface area (Å²) in [5.41, 5.74) is 3.05. The molecular formula is C24H17BrI2N2O3. The van der Waals surface area contributed by atoms with Gasteiger partial charge < -0.3 is 10.1 Å². The lowest BCUT2D eigenvalue weighted by Crippen LogP contribution is -2.30. The fourth-order valence-corrected chi connectivity index (χ4v) is 5.58. The Kier molecular flexibility index (Phi) is 7.51. The van der Waals surface area contributed by atoms with Crippen LogP contribution in [0.4, 0.5) is 4.79 Å². The molecule has 3 aromatic carbocycles. The van der Waals surface area contributed by atoms with Crippen LogP contribution in [0.2, 0.25) is 0 Å². The Morgan fingerprint density at radius 3 is 2.25 bits per heavy atom. The third kappa shape index (κ3) is 5.52. The number of hydrogen-bond donors (Lipinski definition) is 1. The van der Waals surface area contributed by atoms with Crippen molar-refractivity contribution < 1.29 is 14.3 Å². The first-order valence-electron chi connectivity index (χ1n) is 9.65. The van der Waals surface area contributed by atoms with Gasteiger partial charge in [-0.2, -0.15) is 0 Å². The number of imide groups is 1. The van der Waals surface area contributed by atoms with E-state index >= 15 is 0 Å². The number of benzene rings is 3. The molecule has 0 saturated carbocycles. The molecule has 0 atom stereocenters. The summed E-state index contributed by atoms with van der Waals surface area (Å²) in [5.74, 6) is 0.461. The number of ether oxygens (including phenoxy) is 1. The Hall–Kier alpha value is -1.92. The number of amides is 3. The highest BCUT2D eigenvalue weighted by Crippen LogP contribution is 2.31. The summed E-state index contributed by atoms with van der Waals surface area (Å²) in [4.78, 5) is 26.4. The Bertz CT molecular complexity index is 1170. The third-order valence-corrected chi connectivity index (χ3v) is 6.91. The molecule has 162 valence electrons. The molecule has 1 saturated heterocycles. The maximum atomic E-state index is 12.8. The molecule has 32 heavy (non-hydrogen) atoms. The molecule has 1 aliphatic rings. The first-order chi connectivity index (χ1) is 15.4. The highest BCUT2D eigenvalue weighted by atomic mass is 127. The van der Waals surface area contributed by atoms with Gasteiger partial charge in [-0.25, -0.2) is 4.79 Å². The highest BCUT2D eigenvalue weighted by molar-refractivity contribution is 14.1. The quantitative estimate of drug-likeness (QED) is 0.185. The van der Waals surface area contributed by atoms with Crippen LogP contribution in [-0.4, -0.2) is 16.8 Å². The lowest BCUT2D eigenvalue weighted by atomic mass is 10.1. The molecule has 8 heteroatoms. The van der Waals surface area contributed by atoms with Crippen molar-refractivity contribution in [3.8, 4) is 5.75 Å². The SMILES string of the molecule is O=C1N/C(=C/c2cc(I)c(OCc3ccccc3)c(I)c2)C(=O)N1Cc1ccc(Br)cc1. The fourth-order valence-electron chi connectivity index (χ4n) is 3.18. The highest BCUT2D eigenvalue weighted by Gasteiger charge is 2.33. The van der Waals surface area contributed by atoms with Gasteiger partial charge in [0.1, 0.15) is 18.1 Å². The van der Waals surface area contributed by atoms with Gasteiger partial charge in [0.15, 0.2) is 0 Å². The van der Waals surface area contributed by atoms with Crippen LogP contribution < -0.4 is 10.1 Å². The number of nitrogens with one attached hydrogen (secondary N) is 1. The lowest BCUT2D eigenvalue weighted by Gasteiger charge is -2.12. The monoisotopic (exact) mass is 714 g/mol. The zero-order valence-corrected chi connectivity index (χ0v) is 22.5. The van der Waals surface area contributed by atoms with E-state index in [1.165, 1.54) is 4.90 Å². The summed E-state index contributed by atoms with van der Waals surface area (Å²) < 4.78 is 8.83. The predicted octanol–water partition coefficient (Wildman–Crippen LogP) is 6.33. The molecule has 0 radical (unpaired) electrons. The van der Waals surface area contributed by atoms with Crippen LogP contribution in [0.25, 0.3) is 6.08 Å². The van der Waals surface area contributed by atoms with Gasteiger partial charge >= 0.3 is 6.03 Å². The molecule has 3 amide bonds. The summed E-state index contributed by atoms with van der Waals surface area (Å²) in [6.07, 6.45) is 1.70. The van der Waals surface area contributed by atoms with Gasteiger partial charge in [0, 0.05) is 4.47 Å². The van der Waals surface area contributed by atoms with Crippen LogP contribution in [0.1, 0.15) is 16.7 Å². The van der Waals surface area contributed by atoms with E-state index < -0.39 is 6.03 Å². The second-order valence-electron chi connectivity index (χ2n) is 7.09. The molecule has 0 unspecified atom stereocenters. The second-order valence-corrected chi connectivity index (χ2v) is 10.3. The minimum Gasteiger partial charge on any atom is -0.487 e. The normalized spacial score (nSPS) is 14.7. The first-order valence-corrected chi connectivity index (χ1v) is 12.6. The van der Waals surface area contributed by atoms with E-state index in [-0.39, 0.29) is 18.1 Å². The van der Waals surface area contributed by atoms with Gasteiger partial charge in [0.2, 0.25) is 0 Å². The molecule has 0 spiro atoms. The van der Waals surface area contributed by atoms with Crippen molar-refractivity contribution in [3.63, 3.8) is 0 Å². The molecule has 0 bridgehead atoms. The number of urea groups is 1. The van der Waals surface area contributed by atoms with Gasteiger partial charge in [-0.15, -0.1) is 0 Å². The van der Waals surface area contributed by atoms with E-state index in [1.54, 1.807) is 6.08 Å². The van der Waals surface area contributed by atoms with E-state index in [0.29, 0.717) is 6.61 Å². The average Bonchev–Trinajstić information content (AvgIpc) is 3.02. The van der Waals surface area contributed by atoms with E-state index in [1.807, 2.05) is 66.7 Å². The van der Waals surface area contributed by atoms with Gasteiger partial charge in [-0.3, -0.25) is 9.69 Å². The first kappa shape index (κ1) is 23.2. The summed E-state index contributed by atoms with van der Waals surface area (Å²) in [5, 5.41) is 2.69. The molecule has 1 N–H and O–H groups in total. The molecule has 3 aromatic rings. The Balaban J connectivity index is 1.50. The summed E-state index contributed by atoms with van der Waals surface area (Å²) in [6.45, 7) is 0.698. The van der Waals surface area contributed by atoms with Gasteiger partial charge in [-0.05, 0) is 92.2 Å². The van der Waals surface area contributed by atoms with Crippen molar-refractivity contribution in [1.82, 2.24) is 10.2 Å². The van der Waals surface area contributed by atoms with Gasteiger partial charge in [0.05, 0.1) is 13.7 Å². The van der Waals surface area contributed by atoms with Crippen LogP contribution in [0, 0.1) is 7.14 Å². The minimum absolute atomic E-state index is 0.219. The molecule has 1 aliphatic heterocycles. The molecular weight excluding hydrogens is 698 g/mol. The minimum atomic E-state index is -0.420. The van der Waals surface area contributed by atoms with Crippen LogP contribution in [0.15, 0.2) is 76.9 Å². The number of hydrogen-bond acceptors (Lipinski definition) is 3. The molecule has 4 rings (SSSR count). The summed E-state index contributed by atoms with van der Waals surface area (Å²) in [7, 11) is 0. The molecule has 5 nitrogen and oxygen atoms in total. The van der Waals surface area contributed by atoms with Crippen molar-refractivity contribution in [3.05, 3.63) is 101 Å². The Morgan fingerprint density at radius 2 is 1.59 bits per heavy atom. The van der Waals surface area contributed by atoms with Crippen molar-refractivity contribution in [2.24, 2.45) is 0 Å². The zero-order valence-electron chi connectivity index (χ0n) is 16.6. The maximum Gasteiger partial charge on any atom is 0.329 e. The standard InChI is InChI=1S/C24H17BrI2N2O3/c25-18-8-6-15(7-9-18)13-29-23(30)21(28-24(29)31)12-17-10-19(26)22(20(27)11-17)32-14-16-4-2-1-3-5-16/h1-12H,13-14H2,(H,28,31)/b21-12+. The smallest absolute Gasteiger partial charge is 0.329 e. The van der Waals surface area contributed by atoms with E-state index in [9.17, 15) is 9.59 Å². The van der Waals surface area contributed by atoms with E-state index in [4.69, 9.17) is 4.74 Å². The number of halogens is 3. The number of carbonyl (C=O) groups is 2. The zero-order chi connectivity index (χ0) is 22.7. The second kappa shape index (κ2) is 10.3. The predicted molar refractivity (Wildman–Crippen MR) is 144 cm³/mol. The van der Waals surface area contributed by atoms with Crippen LogP contribution in [0.3, 0.4) is 0 Å². The number of nitrogens with zero attached hydrogens (tertiary/aromatic N) is 1. The number of carbonyl (C=O) groups excluding carboxylic acids is 2. The van der Waals surface area contributed by atoms with Crippen molar-refractivity contribution in [2.75, 3.05) is 0 Å². The molecule has 1 heterocycles. The van der Waals surface area contributed by atoms with Crippen LogP contribution in [-0.2, 0) is 17.9 Å². The van der Waals surface area contributed by atoms with Crippen LogP contribution in [0.5, 0.6) is 5.75 Å². The molecule has 0 aromatic heterocycles. The van der Waals surface area contributed by atoms with Gasteiger partial charge in [0.25, 0.3) is 5.91 Å². The third-order valence-electron chi connectivity index (χ3n) is 4.77. The van der Waals surface area contributed by atoms with Gasteiger partial charge in [-0.1, -0.05) is 58.4 Å². The van der Waals surface area contributed by atoms with Crippen molar-refractivity contribution in [2.45, 2.75) is 13.2 Å². The largest absolute Gasteiger partial charge is 0.487 e. The topological polar surface area (TPSA) is 58.6 Å². The van der Waals surface area contributed by atoms with Crippen molar-refractivity contribution in [1.29, 1.82) is 0 Å². The van der Waals surface area contributed by atoms with E-state index in [0.717, 1.165) is 34.1 Å². The molecule has 0 aliphatic carbocycles. The van der Waals surface area contributed by atoms with E-state index in [2.05, 4.69) is 66.4 Å². The van der Waals surface area contributed by atoms with Crippen molar-refractivity contribution >= 4 is 79.1 Å². The number of rotatable bonds is 6. The summed E-state index contributed by atoms with van der Waals surface area (Å²) >= 11 is 7.84. The summed E-state index contributed by atoms with van der Waals surface area (Å²) in [6, 6.07) is 21.0. The average molecular weight is 715 g/mol. The maximum absolute atomic E-state index is 12.8. The Labute approximate surface area is 221 Å². The fraction of sp³-hybridized carbons (Fsp3) is 0.0833. The Morgan fingerprint density at radius 1 is 0.938 bits per heavy atom. The lowest BCUT2D eigenvalue weighted by molar-refractivity contribution is -0.123. The molecule has 1 fully saturated rings.